The Balaban J connectivity index is 1.46. The van der Waals surface area contributed by atoms with Crippen molar-refractivity contribution in [2.24, 2.45) is 10.9 Å². The van der Waals surface area contributed by atoms with Gasteiger partial charge in [-0.3, -0.25) is 14.4 Å². The Morgan fingerprint density at radius 3 is 2.37 bits per heavy atom. The molecule has 0 bridgehead atoms. The number of urea groups is 1. The molecule has 38 heavy (non-hydrogen) atoms. The van der Waals surface area contributed by atoms with Crippen LogP contribution >= 0.6 is 0 Å². The molecule has 13 nitrogen and oxygen atoms in total. The van der Waals surface area contributed by atoms with Crippen molar-refractivity contribution in [2.75, 3.05) is 51.2 Å². The zero-order chi connectivity index (χ0) is 27.9. The zero-order valence-corrected chi connectivity index (χ0v) is 22.4. The number of benzene rings is 1. The van der Waals surface area contributed by atoms with Gasteiger partial charge in [-0.05, 0) is 58.5 Å². The zero-order valence-electron chi connectivity index (χ0n) is 22.4. The fourth-order valence-corrected chi connectivity index (χ4v) is 3.95. The number of hydrogen-bond acceptors (Lipinski definition) is 8. The third kappa shape index (κ3) is 8.33. The number of carbonyl (C=O) groups excluding carboxylic acids is 4. The van der Waals surface area contributed by atoms with E-state index < -0.39 is 29.7 Å². The van der Waals surface area contributed by atoms with Gasteiger partial charge in [0.1, 0.15) is 11.6 Å². The van der Waals surface area contributed by atoms with Crippen LogP contribution in [0.2, 0.25) is 0 Å². The van der Waals surface area contributed by atoms with E-state index in [0.717, 1.165) is 13.1 Å². The average molecular weight is 532 g/mol. The highest BCUT2D eigenvalue weighted by molar-refractivity contribution is 6.02. The number of nitrogens with zero attached hydrogens (tertiary/aromatic N) is 4. The molecule has 2 heterocycles. The number of amidine groups is 1. The van der Waals surface area contributed by atoms with E-state index in [9.17, 15) is 19.2 Å². The molecule has 2 aliphatic rings. The van der Waals surface area contributed by atoms with Crippen molar-refractivity contribution in [1.82, 2.24) is 20.4 Å². The molecule has 0 saturated carbocycles. The van der Waals surface area contributed by atoms with Gasteiger partial charge in [-0.2, -0.15) is 0 Å². The molecule has 0 aromatic heterocycles. The Hall–Kier alpha value is -3.87. The van der Waals surface area contributed by atoms with Crippen LogP contribution in [-0.4, -0.2) is 97.6 Å². The second-order valence-electron chi connectivity index (χ2n) is 10.2. The molecule has 1 aromatic carbocycles. The predicted octanol–water partition coefficient (Wildman–Crippen LogP) is 0.827. The van der Waals surface area contributed by atoms with Gasteiger partial charge in [-0.1, -0.05) is 5.16 Å². The van der Waals surface area contributed by atoms with Gasteiger partial charge >= 0.3 is 18.1 Å². The summed E-state index contributed by atoms with van der Waals surface area (Å²) in [6, 6.07) is 5.56. The van der Waals surface area contributed by atoms with Gasteiger partial charge in [0.15, 0.2) is 5.84 Å². The minimum Gasteiger partial charge on any atom is -0.460 e. The standard InChI is InChI=1S/C25H37N7O6/c1-25(2,3)37-20(33)9-11-27-23(35)28-19-10-12-32(22(19)34)18-7-5-17(6-8-18)21(26)29-38-24(36)31-15-13-30(4)14-16-31/h5-8,19H,9-16H2,1-4H3,(H2,26,29)(H2,27,28,35). The third-order valence-corrected chi connectivity index (χ3v) is 6.00. The molecule has 2 fully saturated rings. The summed E-state index contributed by atoms with van der Waals surface area (Å²) in [4.78, 5) is 59.2. The number of carbonyl (C=O) groups is 4. The van der Waals surface area contributed by atoms with Crippen LogP contribution in [0.5, 0.6) is 0 Å². The fourth-order valence-electron chi connectivity index (χ4n) is 3.95. The van der Waals surface area contributed by atoms with Crippen LogP contribution in [0.3, 0.4) is 0 Å². The molecule has 3 rings (SSSR count). The van der Waals surface area contributed by atoms with Crippen LogP contribution in [0.1, 0.15) is 39.2 Å². The Bertz CT molecular complexity index is 1050. The second-order valence-corrected chi connectivity index (χ2v) is 10.2. The van der Waals surface area contributed by atoms with Crippen LogP contribution < -0.4 is 21.3 Å². The van der Waals surface area contributed by atoms with Gasteiger partial charge in [-0.15, -0.1) is 0 Å². The van der Waals surface area contributed by atoms with Crippen LogP contribution in [0, 0.1) is 0 Å². The number of piperazine rings is 1. The molecule has 1 aromatic rings. The SMILES string of the molecule is CN1CCN(C(=O)ON=C(N)c2ccc(N3CCC(NC(=O)NCCC(=O)OC(C)(C)C)C3=O)cc2)CC1. The summed E-state index contributed by atoms with van der Waals surface area (Å²) in [6.07, 6.45) is -0.0809. The molecule has 2 aliphatic heterocycles. The number of hydrogen-bond donors (Lipinski definition) is 3. The van der Waals surface area contributed by atoms with Crippen LogP contribution in [0.4, 0.5) is 15.3 Å². The summed E-state index contributed by atoms with van der Waals surface area (Å²) in [5, 5.41) is 8.98. The molecule has 0 aliphatic carbocycles. The van der Waals surface area contributed by atoms with E-state index in [0.29, 0.717) is 37.3 Å². The van der Waals surface area contributed by atoms with Crippen LogP contribution in [0.25, 0.3) is 0 Å². The summed E-state index contributed by atoms with van der Waals surface area (Å²) >= 11 is 0. The summed E-state index contributed by atoms with van der Waals surface area (Å²) in [7, 11) is 1.99. The van der Waals surface area contributed by atoms with Crippen LogP contribution in [0.15, 0.2) is 29.4 Å². The number of amides is 4. The molecular formula is C25H37N7O6. The van der Waals surface area contributed by atoms with Gasteiger partial charge in [-0.25, -0.2) is 9.59 Å². The lowest BCUT2D eigenvalue weighted by molar-refractivity contribution is -0.154. The average Bonchev–Trinajstić information content (AvgIpc) is 3.21. The van der Waals surface area contributed by atoms with E-state index in [4.69, 9.17) is 15.3 Å². The summed E-state index contributed by atoms with van der Waals surface area (Å²) in [5.74, 6) is -0.625. The van der Waals surface area contributed by atoms with Gasteiger partial charge in [0.2, 0.25) is 5.91 Å². The molecule has 4 N–H and O–H groups in total. The number of oxime groups is 1. The molecule has 1 unspecified atom stereocenters. The van der Waals surface area contributed by atoms with E-state index in [-0.39, 0.29) is 24.7 Å². The van der Waals surface area contributed by atoms with E-state index in [1.807, 2.05) is 7.05 Å². The van der Waals surface area contributed by atoms with Crippen molar-refractivity contribution >= 4 is 35.5 Å². The maximum Gasteiger partial charge on any atom is 0.436 e. The Morgan fingerprint density at radius 1 is 1.08 bits per heavy atom. The number of rotatable bonds is 7. The smallest absolute Gasteiger partial charge is 0.436 e. The molecule has 1 atom stereocenters. The van der Waals surface area contributed by atoms with Crippen molar-refractivity contribution in [3.8, 4) is 0 Å². The van der Waals surface area contributed by atoms with Crippen LogP contribution in [-0.2, 0) is 19.2 Å². The number of nitrogens with two attached hydrogens (primary N) is 1. The number of nitrogens with one attached hydrogen (secondary N) is 2. The first-order valence-electron chi connectivity index (χ1n) is 12.6. The first-order chi connectivity index (χ1) is 17.9. The predicted molar refractivity (Wildman–Crippen MR) is 140 cm³/mol. The maximum absolute atomic E-state index is 12.8. The summed E-state index contributed by atoms with van der Waals surface area (Å²) < 4.78 is 5.20. The van der Waals surface area contributed by atoms with E-state index in [2.05, 4.69) is 20.7 Å². The van der Waals surface area contributed by atoms with E-state index >= 15 is 0 Å². The highest BCUT2D eigenvalue weighted by atomic mass is 16.7. The second kappa shape index (κ2) is 12.6. The molecule has 0 spiro atoms. The highest BCUT2D eigenvalue weighted by Gasteiger charge is 2.33. The molecule has 4 amide bonds. The van der Waals surface area contributed by atoms with Crippen molar-refractivity contribution in [3.05, 3.63) is 29.8 Å². The molecule has 2 saturated heterocycles. The third-order valence-electron chi connectivity index (χ3n) is 6.00. The van der Waals surface area contributed by atoms with Crippen molar-refractivity contribution in [1.29, 1.82) is 0 Å². The Kier molecular flexibility index (Phi) is 9.50. The Morgan fingerprint density at radius 2 is 1.74 bits per heavy atom. The highest BCUT2D eigenvalue weighted by Crippen LogP contribution is 2.22. The van der Waals surface area contributed by atoms with Gasteiger partial charge in [0.05, 0.1) is 6.42 Å². The van der Waals surface area contributed by atoms with Crippen molar-refractivity contribution in [3.63, 3.8) is 0 Å². The lowest BCUT2D eigenvalue weighted by atomic mass is 10.2. The molecule has 13 heteroatoms. The van der Waals surface area contributed by atoms with E-state index in [1.54, 1.807) is 54.8 Å². The van der Waals surface area contributed by atoms with Gasteiger partial charge in [0, 0.05) is 50.5 Å². The molecular weight excluding hydrogens is 494 g/mol. The minimum absolute atomic E-state index is 0.0310. The molecule has 0 radical (unpaired) electrons. The fraction of sp³-hybridized carbons (Fsp3) is 0.560. The topological polar surface area (TPSA) is 159 Å². The normalized spacial score (nSPS) is 18.8. The van der Waals surface area contributed by atoms with Crippen molar-refractivity contribution < 1.29 is 28.8 Å². The lowest BCUT2D eigenvalue weighted by Gasteiger charge is -2.30. The number of likely N-dealkylation sites (N-methyl/N-ethyl adjacent to an activating group) is 1. The van der Waals surface area contributed by atoms with Gasteiger partial charge in [0.25, 0.3) is 0 Å². The summed E-state index contributed by atoms with van der Waals surface area (Å²) in [5.41, 5.74) is 6.55. The first-order valence-corrected chi connectivity index (χ1v) is 12.6. The maximum atomic E-state index is 12.8. The number of anilines is 1. The monoisotopic (exact) mass is 531 g/mol. The number of esters is 1. The van der Waals surface area contributed by atoms with E-state index in [1.165, 1.54) is 0 Å². The lowest BCUT2D eigenvalue weighted by Crippen LogP contribution is -2.47. The summed E-state index contributed by atoms with van der Waals surface area (Å²) in [6.45, 7) is 8.48. The molecule has 208 valence electrons. The van der Waals surface area contributed by atoms with Crippen molar-refractivity contribution in [2.45, 2.75) is 45.3 Å². The van der Waals surface area contributed by atoms with Gasteiger partial charge < -0.3 is 35.8 Å². The quantitative estimate of drug-likeness (QED) is 0.153. The largest absolute Gasteiger partial charge is 0.460 e. The number of ether oxygens (including phenoxy) is 1. The first kappa shape index (κ1) is 28.7. The Labute approximate surface area is 222 Å². The minimum atomic E-state index is -0.683.